The molecule has 1 aliphatic rings. The Bertz CT molecular complexity index is 346. The van der Waals surface area contributed by atoms with Crippen molar-refractivity contribution in [3.8, 4) is 0 Å². The minimum absolute atomic E-state index is 0.0304. The summed E-state index contributed by atoms with van der Waals surface area (Å²) < 4.78 is 0. The molecular weight excluding hydrogens is 268 g/mol. The summed E-state index contributed by atoms with van der Waals surface area (Å²) in [5.74, 6) is -0.344. The SMILES string of the molecule is CC1CCCN(C(=O)NC(C)CCCC(C)C(=O)O)CC1. The summed E-state index contributed by atoms with van der Waals surface area (Å²) in [6.07, 6.45) is 5.68. The fourth-order valence-corrected chi connectivity index (χ4v) is 2.69. The van der Waals surface area contributed by atoms with E-state index in [2.05, 4.69) is 12.2 Å². The number of hydrogen-bond donors (Lipinski definition) is 2. The lowest BCUT2D eigenvalue weighted by Gasteiger charge is -2.24. The summed E-state index contributed by atoms with van der Waals surface area (Å²) in [5.41, 5.74) is 0. The molecule has 2 N–H and O–H groups in total. The maximum Gasteiger partial charge on any atom is 0.317 e. The van der Waals surface area contributed by atoms with Gasteiger partial charge in [-0.3, -0.25) is 4.79 Å². The van der Waals surface area contributed by atoms with Crippen molar-refractivity contribution in [2.24, 2.45) is 11.8 Å². The van der Waals surface area contributed by atoms with E-state index < -0.39 is 5.97 Å². The van der Waals surface area contributed by atoms with Crippen molar-refractivity contribution >= 4 is 12.0 Å². The molecule has 5 heteroatoms. The standard InChI is InChI=1S/C16H30N2O3/c1-12-6-5-10-18(11-9-12)16(21)17-14(3)8-4-7-13(2)15(19)20/h12-14H,4-11H2,1-3H3,(H,17,21)(H,19,20). The second-order valence-electron chi connectivity index (χ2n) is 6.54. The first-order chi connectivity index (χ1) is 9.90. The van der Waals surface area contributed by atoms with E-state index in [-0.39, 0.29) is 18.0 Å². The Hall–Kier alpha value is -1.26. The highest BCUT2D eigenvalue weighted by atomic mass is 16.4. The first-order valence-corrected chi connectivity index (χ1v) is 8.18. The number of nitrogens with one attached hydrogen (secondary N) is 1. The summed E-state index contributed by atoms with van der Waals surface area (Å²) in [6.45, 7) is 7.65. The average Bonchev–Trinajstić information content (AvgIpc) is 2.63. The number of likely N-dealkylation sites (tertiary alicyclic amines) is 1. The Morgan fingerprint density at radius 2 is 1.95 bits per heavy atom. The number of carbonyl (C=O) groups excluding carboxylic acids is 1. The molecule has 0 radical (unpaired) electrons. The lowest BCUT2D eigenvalue weighted by molar-refractivity contribution is -0.141. The molecule has 1 fully saturated rings. The van der Waals surface area contributed by atoms with Crippen LogP contribution >= 0.6 is 0 Å². The van der Waals surface area contributed by atoms with Crippen LogP contribution in [0, 0.1) is 11.8 Å². The Morgan fingerprint density at radius 3 is 2.62 bits per heavy atom. The highest BCUT2D eigenvalue weighted by molar-refractivity contribution is 5.74. The van der Waals surface area contributed by atoms with Crippen LogP contribution in [0.2, 0.25) is 0 Å². The predicted octanol–water partition coefficient (Wildman–Crippen LogP) is 3.10. The molecule has 21 heavy (non-hydrogen) atoms. The summed E-state index contributed by atoms with van der Waals surface area (Å²) >= 11 is 0. The molecule has 0 bridgehead atoms. The van der Waals surface area contributed by atoms with E-state index in [1.165, 1.54) is 6.42 Å². The zero-order valence-corrected chi connectivity index (χ0v) is 13.6. The maximum atomic E-state index is 12.2. The van der Waals surface area contributed by atoms with Gasteiger partial charge in [-0.05, 0) is 44.9 Å². The molecule has 0 saturated carbocycles. The second-order valence-corrected chi connectivity index (χ2v) is 6.54. The predicted molar refractivity (Wildman–Crippen MR) is 83.2 cm³/mol. The van der Waals surface area contributed by atoms with Gasteiger partial charge in [-0.2, -0.15) is 0 Å². The molecule has 122 valence electrons. The summed E-state index contributed by atoms with van der Waals surface area (Å²) in [5, 5.41) is 11.9. The number of carboxylic acids is 1. The fourth-order valence-electron chi connectivity index (χ4n) is 2.69. The van der Waals surface area contributed by atoms with Crippen molar-refractivity contribution in [2.75, 3.05) is 13.1 Å². The zero-order chi connectivity index (χ0) is 15.8. The molecule has 3 atom stereocenters. The molecule has 2 amide bonds. The molecule has 0 aromatic rings. The van der Waals surface area contributed by atoms with E-state index >= 15 is 0 Å². The highest BCUT2D eigenvalue weighted by Crippen LogP contribution is 2.16. The van der Waals surface area contributed by atoms with Crippen molar-refractivity contribution in [2.45, 2.75) is 65.3 Å². The number of carboxylic acid groups (broad SMARTS) is 1. The van der Waals surface area contributed by atoms with Gasteiger partial charge in [-0.25, -0.2) is 4.79 Å². The van der Waals surface area contributed by atoms with Crippen LogP contribution in [0.4, 0.5) is 4.79 Å². The number of rotatable bonds is 6. The minimum Gasteiger partial charge on any atom is -0.481 e. The number of aliphatic carboxylic acids is 1. The van der Waals surface area contributed by atoms with Crippen LogP contribution in [0.15, 0.2) is 0 Å². The second kappa shape index (κ2) is 8.90. The molecule has 0 aliphatic carbocycles. The van der Waals surface area contributed by atoms with E-state index in [0.717, 1.165) is 38.8 Å². The van der Waals surface area contributed by atoms with Crippen molar-refractivity contribution < 1.29 is 14.7 Å². The van der Waals surface area contributed by atoms with Crippen LogP contribution in [-0.4, -0.2) is 41.1 Å². The number of amides is 2. The highest BCUT2D eigenvalue weighted by Gasteiger charge is 2.19. The third-order valence-electron chi connectivity index (χ3n) is 4.37. The van der Waals surface area contributed by atoms with Crippen molar-refractivity contribution in [1.82, 2.24) is 10.2 Å². The van der Waals surface area contributed by atoms with Crippen LogP contribution in [0.25, 0.3) is 0 Å². The molecule has 0 aromatic heterocycles. The normalized spacial score (nSPS) is 22.2. The van der Waals surface area contributed by atoms with Crippen LogP contribution < -0.4 is 5.32 Å². The van der Waals surface area contributed by atoms with Gasteiger partial charge in [-0.15, -0.1) is 0 Å². The topological polar surface area (TPSA) is 69.6 Å². The van der Waals surface area contributed by atoms with Gasteiger partial charge in [0.2, 0.25) is 0 Å². The van der Waals surface area contributed by atoms with Gasteiger partial charge in [0.15, 0.2) is 0 Å². The van der Waals surface area contributed by atoms with Crippen LogP contribution in [-0.2, 0) is 4.79 Å². The van der Waals surface area contributed by atoms with E-state index in [1.54, 1.807) is 6.92 Å². The summed E-state index contributed by atoms with van der Waals surface area (Å²) in [4.78, 5) is 24.9. The fraction of sp³-hybridized carbons (Fsp3) is 0.875. The van der Waals surface area contributed by atoms with Gasteiger partial charge in [0.25, 0.3) is 0 Å². The van der Waals surface area contributed by atoms with Crippen molar-refractivity contribution in [3.05, 3.63) is 0 Å². The van der Waals surface area contributed by atoms with Crippen LogP contribution in [0.1, 0.15) is 59.3 Å². The van der Waals surface area contributed by atoms with E-state index in [1.807, 2.05) is 11.8 Å². The Kier molecular flexibility index (Phi) is 7.54. The van der Waals surface area contributed by atoms with Crippen LogP contribution in [0.5, 0.6) is 0 Å². The van der Waals surface area contributed by atoms with Gasteiger partial charge in [0.05, 0.1) is 5.92 Å². The first-order valence-electron chi connectivity index (χ1n) is 8.18. The van der Waals surface area contributed by atoms with Crippen molar-refractivity contribution in [3.63, 3.8) is 0 Å². The smallest absolute Gasteiger partial charge is 0.317 e. The molecule has 0 spiro atoms. The van der Waals surface area contributed by atoms with Gasteiger partial charge in [0, 0.05) is 19.1 Å². The van der Waals surface area contributed by atoms with Gasteiger partial charge < -0.3 is 15.3 Å². The number of urea groups is 1. The third-order valence-corrected chi connectivity index (χ3v) is 4.37. The lowest BCUT2D eigenvalue weighted by Crippen LogP contribution is -2.44. The quantitative estimate of drug-likeness (QED) is 0.791. The molecule has 1 rings (SSSR count). The largest absolute Gasteiger partial charge is 0.481 e. The molecule has 1 heterocycles. The zero-order valence-electron chi connectivity index (χ0n) is 13.6. The van der Waals surface area contributed by atoms with E-state index in [9.17, 15) is 9.59 Å². The molecule has 3 unspecified atom stereocenters. The monoisotopic (exact) mass is 298 g/mol. The van der Waals surface area contributed by atoms with E-state index in [0.29, 0.717) is 12.3 Å². The lowest BCUT2D eigenvalue weighted by atomic mass is 10.0. The maximum absolute atomic E-state index is 12.2. The van der Waals surface area contributed by atoms with Gasteiger partial charge >= 0.3 is 12.0 Å². The number of carbonyl (C=O) groups is 2. The Balaban J connectivity index is 2.25. The Labute approximate surface area is 128 Å². The summed E-state index contributed by atoms with van der Waals surface area (Å²) in [6, 6.07) is 0.127. The van der Waals surface area contributed by atoms with E-state index in [4.69, 9.17) is 5.11 Å². The molecular formula is C16H30N2O3. The molecule has 0 aromatic carbocycles. The molecule has 1 saturated heterocycles. The summed E-state index contributed by atoms with van der Waals surface area (Å²) in [7, 11) is 0. The molecule has 1 aliphatic heterocycles. The average molecular weight is 298 g/mol. The molecule has 5 nitrogen and oxygen atoms in total. The van der Waals surface area contributed by atoms with Gasteiger partial charge in [0.1, 0.15) is 0 Å². The third kappa shape index (κ3) is 6.82. The Morgan fingerprint density at radius 1 is 1.24 bits per heavy atom. The minimum atomic E-state index is -0.745. The van der Waals surface area contributed by atoms with Gasteiger partial charge in [-0.1, -0.05) is 20.3 Å². The first kappa shape index (κ1) is 17.8. The van der Waals surface area contributed by atoms with Crippen LogP contribution in [0.3, 0.4) is 0 Å². The van der Waals surface area contributed by atoms with Crippen molar-refractivity contribution in [1.29, 1.82) is 0 Å². The number of hydrogen-bond acceptors (Lipinski definition) is 2. The number of nitrogens with zero attached hydrogens (tertiary/aromatic N) is 1.